The predicted octanol–water partition coefficient (Wildman–Crippen LogP) is 2.39. The van der Waals surface area contributed by atoms with Crippen LogP contribution in [0.1, 0.15) is 29.8 Å². The first kappa shape index (κ1) is 16.0. The Labute approximate surface area is 156 Å². The third-order valence-electron chi connectivity index (χ3n) is 5.17. The summed E-state index contributed by atoms with van der Waals surface area (Å²) >= 11 is 0. The van der Waals surface area contributed by atoms with Gasteiger partial charge in [0.2, 0.25) is 0 Å². The van der Waals surface area contributed by atoms with E-state index in [2.05, 4.69) is 20.3 Å². The Bertz CT molecular complexity index is 1070. The van der Waals surface area contributed by atoms with Crippen molar-refractivity contribution in [3.8, 4) is 11.5 Å². The first-order chi connectivity index (χ1) is 13.3. The Morgan fingerprint density at radius 3 is 3.00 bits per heavy atom. The first-order valence-electron chi connectivity index (χ1n) is 9.40. The van der Waals surface area contributed by atoms with Crippen molar-refractivity contribution < 1.29 is 0 Å². The highest BCUT2D eigenvalue weighted by molar-refractivity contribution is 5.63. The summed E-state index contributed by atoms with van der Waals surface area (Å²) in [5, 5.41) is 8.44. The molecule has 0 radical (unpaired) electrons. The largest absolute Gasteiger partial charge is 0.369 e. The fourth-order valence-electron chi connectivity index (χ4n) is 3.79. The molecular weight excluding hydrogens is 340 g/mol. The molecule has 138 valence electrons. The van der Waals surface area contributed by atoms with Gasteiger partial charge in [-0.2, -0.15) is 9.61 Å². The molecule has 0 fully saturated rings. The van der Waals surface area contributed by atoms with Crippen molar-refractivity contribution in [2.45, 2.75) is 32.1 Å². The van der Waals surface area contributed by atoms with Crippen molar-refractivity contribution in [2.75, 3.05) is 11.9 Å². The molecular formula is C19H22N8. The molecule has 8 nitrogen and oxygen atoms in total. The topological polar surface area (TPSA) is 88.7 Å². The highest BCUT2D eigenvalue weighted by Crippen LogP contribution is 2.29. The highest BCUT2D eigenvalue weighted by Gasteiger charge is 2.21. The van der Waals surface area contributed by atoms with Crippen molar-refractivity contribution in [3.05, 3.63) is 47.9 Å². The van der Waals surface area contributed by atoms with Crippen LogP contribution in [0.2, 0.25) is 0 Å². The summed E-state index contributed by atoms with van der Waals surface area (Å²) in [5.41, 5.74) is 5.33. The average molecular weight is 362 g/mol. The van der Waals surface area contributed by atoms with Gasteiger partial charge in [-0.05, 0) is 25.7 Å². The number of imidazole rings is 2. The van der Waals surface area contributed by atoms with Gasteiger partial charge in [-0.15, -0.1) is 0 Å². The lowest BCUT2D eigenvalue weighted by Gasteiger charge is -2.20. The monoisotopic (exact) mass is 362 g/mol. The molecule has 4 heterocycles. The van der Waals surface area contributed by atoms with Crippen LogP contribution < -0.4 is 5.32 Å². The first-order valence-corrected chi connectivity index (χ1v) is 9.40. The third-order valence-corrected chi connectivity index (χ3v) is 5.17. The van der Waals surface area contributed by atoms with E-state index in [1.54, 1.807) is 12.5 Å². The second-order valence-electron chi connectivity index (χ2n) is 7.01. The minimum atomic E-state index is 0.811. The second kappa shape index (κ2) is 6.53. The molecule has 0 spiro atoms. The smallest absolute Gasteiger partial charge is 0.160 e. The summed E-state index contributed by atoms with van der Waals surface area (Å²) in [4.78, 5) is 16.6. The van der Waals surface area contributed by atoms with E-state index < -0.39 is 0 Å². The lowest BCUT2D eigenvalue weighted by Crippen LogP contribution is -2.17. The van der Waals surface area contributed by atoms with Crippen LogP contribution in [0.15, 0.2) is 31.0 Å². The quantitative estimate of drug-likeness (QED) is 0.569. The van der Waals surface area contributed by atoms with Crippen molar-refractivity contribution in [2.24, 2.45) is 7.05 Å². The number of aromatic amines is 1. The molecule has 0 unspecified atom stereocenters. The van der Waals surface area contributed by atoms with Gasteiger partial charge in [0.05, 0.1) is 6.33 Å². The lowest BCUT2D eigenvalue weighted by atomic mass is 9.96. The summed E-state index contributed by atoms with van der Waals surface area (Å²) in [6.07, 6.45) is 12.7. The molecule has 4 aromatic rings. The zero-order valence-corrected chi connectivity index (χ0v) is 15.3. The molecule has 0 aromatic carbocycles. The second-order valence-corrected chi connectivity index (χ2v) is 7.01. The fraction of sp³-hybridized carbons (Fsp3) is 0.368. The van der Waals surface area contributed by atoms with Gasteiger partial charge >= 0.3 is 0 Å². The molecule has 0 bridgehead atoms. The molecule has 8 heteroatoms. The molecule has 1 aliphatic carbocycles. The van der Waals surface area contributed by atoms with Crippen molar-refractivity contribution in [3.63, 3.8) is 0 Å². The Morgan fingerprint density at radius 2 is 2.19 bits per heavy atom. The number of fused-ring (bicyclic) bond motifs is 2. The molecule has 0 saturated heterocycles. The molecule has 4 aromatic heterocycles. The van der Waals surface area contributed by atoms with E-state index in [1.165, 1.54) is 24.1 Å². The van der Waals surface area contributed by atoms with Gasteiger partial charge in [0.1, 0.15) is 11.5 Å². The number of nitrogens with one attached hydrogen (secondary N) is 2. The number of aryl methyl sites for hydroxylation is 2. The zero-order chi connectivity index (χ0) is 18.2. The van der Waals surface area contributed by atoms with Gasteiger partial charge in [-0.25, -0.2) is 15.0 Å². The maximum Gasteiger partial charge on any atom is 0.160 e. The number of hydrogen-bond donors (Lipinski definition) is 2. The van der Waals surface area contributed by atoms with Crippen LogP contribution in [0, 0.1) is 0 Å². The van der Waals surface area contributed by atoms with E-state index in [9.17, 15) is 0 Å². The standard InChI is InChI=1S/C19H22N8/c1-26-9-8-22-19(26)16-10-17-24-15-5-3-2-4-14(15)18(27(17)25-16)21-7-6-13-11-20-12-23-13/h8-12,21H,2-7H2,1H3,(H,20,23). The summed E-state index contributed by atoms with van der Waals surface area (Å²) in [5.74, 6) is 1.91. The van der Waals surface area contributed by atoms with Crippen LogP contribution >= 0.6 is 0 Å². The molecule has 2 N–H and O–H groups in total. The van der Waals surface area contributed by atoms with E-state index in [0.717, 1.165) is 54.5 Å². The van der Waals surface area contributed by atoms with Crippen LogP contribution in [-0.2, 0) is 26.3 Å². The number of aromatic nitrogens is 7. The van der Waals surface area contributed by atoms with E-state index in [4.69, 9.17) is 10.1 Å². The maximum atomic E-state index is 4.90. The molecule has 1 aliphatic rings. The molecule has 27 heavy (non-hydrogen) atoms. The Balaban J connectivity index is 1.55. The van der Waals surface area contributed by atoms with Crippen LogP contribution in [0.4, 0.5) is 5.82 Å². The number of rotatable bonds is 5. The Morgan fingerprint density at radius 1 is 1.26 bits per heavy atom. The predicted molar refractivity (Wildman–Crippen MR) is 103 cm³/mol. The summed E-state index contributed by atoms with van der Waals surface area (Å²) in [6, 6.07) is 2.03. The molecule has 5 rings (SSSR count). The molecule has 0 saturated carbocycles. The lowest BCUT2D eigenvalue weighted by molar-refractivity contribution is 0.661. The SMILES string of the molecule is Cn1ccnc1-c1cc2nc3c(c(NCCc4cnc[nH]4)n2n1)CCCC3. The normalized spacial score (nSPS) is 13.8. The minimum absolute atomic E-state index is 0.811. The fourth-order valence-corrected chi connectivity index (χ4v) is 3.79. The minimum Gasteiger partial charge on any atom is -0.369 e. The van der Waals surface area contributed by atoms with E-state index in [1.807, 2.05) is 34.6 Å². The molecule has 0 aliphatic heterocycles. The summed E-state index contributed by atoms with van der Waals surface area (Å²) < 4.78 is 3.92. The van der Waals surface area contributed by atoms with Crippen LogP contribution in [0.5, 0.6) is 0 Å². The summed E-state index contributed by atoms with van der Waals surface area (Å²) in [7, 11) is 1.98. The van der Waals surface area contributed by atoms with Crippen molar-refractivity contribution >= 4 is 11.5 Å². The van der Waals surface area contributed by atoms with Gasteiger partial charge < -0.3 is 14.9 Å². The molecule has 0 amide bonds. The molecule has 0 atom stereocenters. The highest BCUT2D eigenvalue weighted by atomic mass is 15.3. The van der Waals surface area contributed by atoms with E-state index in [0.29, 0.717) is 0 Å². The van der Waals surface area contributed by atoms with Gasteiger partial charge in [-0.1, -0.05) is 0 Å². The van der Waals surface area contributed by atoms with E-state index in [-0.39, 0.29) is 0 Å². The summed E-state index contributed by atoms with van der Waals surface area (Å²) in [6.45, 7) is 0.811. The Hall–Kier alpha value is -3.16. The van der Waals surface area contributed by atoms with Gasteiger partial charge in [0.25, 0.3) is 0 Å². The number of hydrogen-bond acceptors (Lipinski definition) is 5. The maximum absolute atomic E-state index is 4.90. The number of anilines is 1. The average Bonchev–Trinajstić information content (AvgIpc) is 3.41. The third kappa shape index (κ3) is 2.87. The van der Waals surface area contributed by atoms with Gasteiger partial charge in [0.15, 0.2) is 11.5 Å². The van der Waals surface area contributed by atoms with Gasteiger partial charge in [0, 0.05) is 61.6 Å². The zero-order valence-electron chi connectivity index (χ0n) is 15.3. The van der Waals surface area contributed by atoms with Gasteiger partial charge in [-0.3, -0.25) is 0 Å². The number of H-pyrrole nitrogens is 1. The van der Waals surface area contributed by atoms with Crippen molar-refractivity contribution in [1.29, 1.82) is 0 Å². The van der Waals surface area contributed by atoms with Crippen LogP contribution in [0.3, 0.4) is 0 Å². The van der Waals surface area contributed by atoms with Crippen LogP contribution in [0.25, 0.3) is 17.2 Å². The Kier molecular flexibility index (Phi) is 3.88. The number of nitrogens with zero attached hydrogens (tertiary/aromatic N) is 6. The van der Waals surface area contributed by atoms with E-state index >= 15 is 0 Å². The van der Waals surface area contributed by atoms with Crippen LogP contribution in [-0.4, -0.2) is 40.7 Å². The van der Waals surface area contributed by atoms with Crippen molar-refractivity contribution in [1.82, 2.24) is 34.1 Å².